The number of ether oxygens (including phenoxy) is 1. The normalized spacial score (nSPS) is 14.8. The summed E-state index contributed by atoms with van der Waals surface area (Å²) in [6.45, 7) is 0.788. The number of nitrogens with zero attached hydrogens (tertiary/aromatic N) is 1. The number of benzene rings is 3. The summed E-state index contributed by atoms with van der Waals surface area (Å²) in [5.74, 6) is -2.41. The van der Waals surface area contributed by atoms with Gasteiger partial charge in [-0.05, 0) is 48.2 Å². The first-order valence-electron chi connectivity index (χ1n) is 10.8. The molecule has 0 unspecified atom stereocenters. The molecule has 7 heteroatoms. The number of carbonyl (C=O) groups is 2. The fraction of sp³-hybridized carbons (Fsp3) is 0.231. The third-order valence-electron chi connectivity index (χ3n) is 5.60. The second-order valence-electron chi connectivity index (χ2n) is 7.80. The van der Waals surface area contributed by atoms with E-state index in [2.05, 4.69) is 5.32 Å². The van der Waals surface area contributed by atoms with Gasteiger partial charge in [0, 0.05) is 13.1 Å². The summed E-state index contributed by atoms with van der Waals surface area (Å²) in [4.78, 5) is 27.2. The molecule has 5 nitrogen and oxygen atoms in total. The van der Waals surface area contributed by atoms with Gasteiger partial charge in [0.1, 0.15) is 29.6 Å². The zero-order chi connectivity index (χ0) is 23.2. The van der Waals surface area contributed by atoms with Crippen LogP contribution in [-0.2, 0) is 13.0 Å². The van der Waals surface area contributed by atoms with Crippen molar-refractivity contribution in [2.45, 2.75) is 19.4 Å². The van der Waals surface area contributed by atoms with Crippen molar-refractivity contribution < 1.29 is 23.1 Å². The Morgan fingerprint density at radius 1 is 0.909 bits per heavy atom. The van der Waals surface area contributed by atoms with Gasteiger partial charge in [-0.2, -0.15) is 0 Å². The average Bonchev–Trinajstić information content (AvgIpc) is 2.81. The van der Waals surface area contributed by atoms with Crippen LogP contribution in [0.5, 0.6) is 5.75 Å². The van der Waals surface area contributed by atoms with Crippen LogP contribution in [0.1, 0.15) is 38.3 Å². The molecule has 33 heavy (non-hydrogen) atoms. The molecular weight excluding hydrogens is 426 g/mol. The second-order valence-corrected chi connectivity index (χ2v) is 7.80. The van der Waals surface area contributed by atoms with Gasteiger partial charge < -0.3 is 15.0 Å². The Morgan fingerprint density at radius 2 is 1.61 bits per heavy atom. The Kier molecular flexibility index (Phi) is 6.98. The van der Waals surface area contributed by atoms with Crippen molar-refractivity contribution in [1.29, 1.82) is 0 Å². The molecule has 0 aromatic heterocycles. The van der Waals surface area contributed by atoms with Crippen molar-refractivity contribution in [1.82, 2.24) is 10.2 Å². The lowest BCUT2D eigenvalue weighted by Gasteiger charge is -2.25. The summed E-state index contributed by atoms with van der Waals surface area (Å²) >= 11 is 0. The van der Waals surface area contributed by atoms with Crippen molar-refractivity contribution >= 4 is 11.8 Å². The summed E-state index contributed by atoms with van der Waals surface area (Å²) in [5, 5.41) is 2.92. The minimum Gasteiger partial charge on any atom is -0.491 e. The maximum Gasteiger partial charge on any atom is 0.260 e. The summed E-state index contributed by atoms with van der Waals surface area (Å²) in [5.41, 5.74) is 1.70. The first kappa shape index (κ1) is 22.5. The Bertz CT molecular complexity index is 1150. The average molecular weight is 450 g/mol. The highest BCUT2D eigenvalue weighted by molar-refractivity contribution is 5.97. The number of fused-ring (bicyclic) bond motifs is 2. The lowest BCUT2D eigenvalue weighted by molar-refractivity contribution is 0.0704. The van der Waals surface area contributed by atoms with Gasteiger partial charge in [0.25, 0.3) is 11.8 Å². The molecule has 1 aliphatic heterocycles. The highest BCUT2D eigenvalue weighted by Crippen LogP contribution is 2.21. The molecule has 0 radical (unpaired) electrons. The predicted octanol–water partition coefficient (Wildman–Crippen LogP) is 4.36. The second kappa shape index (κ2) is 10.3. The van der Waals surface area contributed by atoms with E-state index < -0.39 is 23.1 Å². The van der Waals surface area contributed by atoms with E-state index in [1.54, 1.807) is 24.3 Å². The molecule has 0 saturated heterocycles. The predicted molar refractivity (Wildman–Crippen MR) is 120 cm³/mol. The van der Waals surface area contributed by atoms with E-state index in [4.69, 9.17) is 4.74 Å². The monoisotopic (exact) mass is 450 g/mol. The lowest BCUT2D eigenvalue weighted by Crippen LogP contribution is -2.36. The maximum atomic E-state index is 14.4. The van der Waals surface area contributed by atoms with Crippen molar-refractivity contribution in [3.05, 3.63) is 101 Å². The highest BCUT2D eigenvalue weighted by atomic mass is 19.1. The molecule has 0 spiro atoms. The molecular formula is C26H24F2N2O3. The quantitative estimate of drug-likeness (QED) is 0.599. The molecule has 0 fully saturated rings. The van der Waals surface area contributed by atoms with Crippen LogP contribution in [0.25, 0.3) is 0 Å². The number of aryl methyl sites for hydroxylation is 1. The van der Waals surface area contributed by atoms with Gasteiger partial charge in [-0.1, -0.05) is 42.5 Å². The number of rotatable bonds is 1. The minimum atomic E-state index is -0.907. The van der Waals surface area contributed by atoms with Crippen LogP contribution >= 0.6 is 0 Å². The molecule has 0 atom stereocenters. The van der Waals surface area contributed by atoms with Crippen LogP contribution in [0.3, 0.4) is 0 Å². The number of nitrogens with one attached hydrogen (secondary N) is 1. The van der Waals surface area contributed by atoms with Gasteiger partial charge in [0.15, 0.2) is 0 Å². The van der Waals surface area contributed by atoms with E-state index in [-0.39, 0.29) is 25.6 Å². The van der Waals surface area contributed by atoms with Crippen LogP contribution in [0.15, 0.2) is 66.7 Å². The van der Waals surface area contributed by atoms with E-state index >= 15 is 0 Å². The van der Waals surface area contributed by atoms with Crippen molar-refractivity contribution in [2.24, 2.45) is 0 Å². The molecule has 0 saturated carbocycles. The van der Waals surface area contributed by atoms with Gasteiger partial charge in [0.05, 0.1) is 12.1 Å². The maximum absolute atomic E-state index is 14.4. The number of amides is 2. The molecule has 0 bridgehead atoms. The van der Waals surface area contributed by atoms with E-state index in [1.807, 2.05) is 24.3 Å². The largest absolute Gasteiger partial charge is 0.491 e. The standard InChI is InChI=1S/C26H24F2N2O3/c27-21-11-5-12-22(28)24(21)26(32)30-15-16-33-23-13-4-3-10-20(23)25(31)29-14-6-9-18-7-1-2-8-19(18)17-30/h1-5,7-8,10-13H,6,9,14-17H2,(H,29,31). The zero-order valence-corrected chi connectivity index (χ0v) is 18.0. The van der Waals surface area contributed by atoms with E-state index in [0.29, 0.717) is 30.7 Å². The molecule has 0 aliphatic carbocycles. The molecule has 4 rings (SSSR count). The van der Waals surface area contributed by atoms with E-state index in [0.717, 1.165) is 23.3 Å². The molecule has 170 valence electrons. The van der Waals surface area contributed by atoms with Crippen LogP contribution < -0.4 is 10.1 Å². The van der Waals surface area contributed by atoms with Crippen molar-refractivity contribution in [2.75, 3.05) is 19.7 Å². The van der Waals surface area contributed by atoms with Crippen LogP contribution in [0.2, 0.25) is 0 Å². The van der Waals surface area contributed by atoms with E-state index in [1.165, 1.54) is 11.0 Å². The van der Waals surface area contributed by atoms with Crippen LogP contribution in [0.4, 0.5) is 8.78 Å². The molecule has 2 amide bonds. The first-order chi connectivity index (χ1) is 16.0. The Balaban J connectivity index is 1.67. The fourth-order valence-electron chi connectivity index (χ4n) is 3.90. The topological polar surface area (TPSA) is 58.6 Å². The molecule has 1 N–H and O–H groups in total. The minimum absolute atomic E-state index is 0.0499. The number of hydrogen-bond donors (Lipinski definition) is 1. The van der Waals surface area contributed by atoms with Crippen LogP contribution in [0, 0.1) is 11.6 Å². The molecule has 1 aliphatic rings. The summed E-state index contributed by atoms with van der Waals surface area (Å²) < 4.78 is 34.6. The number of carbonyl (C=O) groups excluding carboxylic acids is 2. The van der Waals surface area contributed by atoms with Gasteiger partial charge in [-0.25, -0.2) is 8.78 Å². The third kappa shape index (κ3) is 5.19. The molecule has 3 aromatic carbocycles. The van der Waals surface area contributed by atoms with Gasteiger partial charge in [-0.15, -0.1) is 0 Å². The van der Waals surface area contributed by atoms with Crippen molar-refractivity contribution in [3.63, 3.8) is 0 Å². The highest BCUT2D eigenvalue weighted by Gasteiger charge is 2.24. The Morgan fingerprint density at radius 3 is 2.39 bits per heavy atom. The Labute approximate surface area is 191 Å². The first-order valence-corrected chi connectivity index (χ1v) is 10.8. The van der Waals surface area contributed by atoms with Gasteiger partial charge in [-0.3, -0.25) is 9.59 Å². The number of hydrogen-bond acceptors (Lipinski definition) is 3. The van der Waals surface area contributed by atoms with Gasteiger partial charge in [0.2, 0.25) is 0 Å². The fourth-order valence-corrected chi connectivity index (χ4v) is 3.90. The third-order valence-corrected chi connectivity index (χ3v) is 5.60. The lowest BCUT2D eigenvalue weighted by atomic mass is 10.0. The number of halogens is 2. The summed E-state index contributed by atoms with van der Waals surface area (Å²) in [7, 11) is 0. The molecule has 3 aromatic rings. The SMILES string of the molecule is O=C1NCCCc2ccccc2CN(C(=O)c2c(F)cccc2F)CCOc2ccccc21. The zero-order valence-electron chi connectivity index (χ0n) is 18.0. The Hall–Kier alpha value is -3.74. The van der Waals surface area contributed by atoms with E-state index in [9.17, 15) is 18.4 Å². The number of para-hydroxylation sites is 1. The van der Waals surface area contributed by atoms with Crippen LogP contribution in [-0.4, -0.2) is 36.4 Å². The molecule has 1 heterocycles. The summed E-state index contributed by atoms with van der Waals surface area (Å²) in [6, 6.07) is 17.8. The smallest absolute Gasteiger partial charge is 0.260 e. The van der Waals surface area contributed by atoms with Crippen molar-refractivity contribution in [3.8, 4) is 5.75 Å². The summed E-state index contributed by atoms with van der Waals surface area (Å²) in [6.07, 6.45) is 1.38. The van der Waals surface area contributed by atoms with Gasteiger partial charge >= 0.3 is 0 Å².